The summed E-state index contributed by atoms with van der Waals surface area (Å²) in [5.41, 5.74) is 1.55. The van der Waals surface area contributed by atoms with Crippen molar-refractivity contribution in [2.45, 2.75) is 33.1 Å². The third kappa shape index (κ3) is 3.56. The third-order valence-corrected chi connectivity index (χ3v) is 4.59. The van der Waals surface area contributed by atoms with Crippen molar-refractivity contribution in [1.29, 1.82) is 0 Å². The Hall–Kier alpha value is -1.55. The summed E-state index contributed by atoms with van der Waals surface area (Å²) in [4.78, 5) is 23.7. The van der Waals surface area contributed by atoms with Crippen LogP contribution in [0.25, 0.3) is 0 Å². The van der Waals surface area contributed by atoms with E-state index in [4.69, 9.17) is 11.6 Å². The molecular formula is C16H20ClNO3. The molecule has 2 rings (SSSR count). The highest BCUT2D eigenvalue weighted by atomic mass is 35.5. The normalized spacial score (nSPS) is 24.8. The van der Waals surface area contributed by atoms with Crippen molar-refractivity contribution >= 4 is 29.2 Å². The molecule has 0 heterocycles. The topological polar surface area (TPSA) is 66.4 Å². The monoisotopic (exact) mass is 309 g/mol. The van der Waals surface area contributed by atoms with E-state index in [9.17, 15) is 14.7 Å². The number of amides is 1. The van der Waals surface area contributed by atoms with Crippen LogP contribution in [0.2, 0.25) is 5.02 Å². The minimum atomic E-state index is -0.888. The lowest BCUT2D eigenvalue weighted by Crippen LogP contribution is -2.30. The fourth-order valence-corrected chi connectivity index (χ4v) is 3.27. The molecule has 1 aromatic carbocycles. The lowest BCUT2D eigenvalue weighted by Gasteiger charge is -2.16. The Labute approximate surface area is 129 Å². The molecule has 1 aliphatic carbocycles. The Balaban J connectivity index is 2.13. The van der Waals surface area contributed by atoms with Crippen LogP contribution in [0.4, 0.5) is 5.69 Å². The van der Waals surface area contributed by atoms with Crippen molar-refractivity contribution in [1.82, 2.24) is 0 Å². The van der Waals surface area contributed by atoms with Gasteiger partial charge in [0.2, 0.25) is 5.91 Å². The maximum absolute atomic E-state index is 12.4. The zero-order chi connectivity index (χ0) is 15.6. The standard InChI is InChI=1S/C16H20ClNO3/c1-3-10-7-11(12(8-10)16(20)21)15(19)18-14-5-4-9(2)6-13(14)17/h4-6,10-12H,3,7-8H2,1-2H3,(H,18,19)(H,20,21)/t10?,11-,12+/m0/s1. The number of halogens is 1. The molecule has 1 aliphatic rings. The molecule has 1 fully saturated rings. The summed E-state index contributed by atoms with van der Waals surface area (Å²) < 4.78 is 0. The highest BCUT2D eigenvalue weighted by Crippen LogP contribution is 2.39. The quantitative estimate of drug-likeness (QED) is 0.890. The molecule has 114 valence electrons. The first-order valence-corrected chi connectivity index (χ1v) is 7.60. The number of carbonyl (C=O) groups excluding carboxylic acids is 1. The average molecular weight is 310 g/mol. The third-order valence-electron chi connectivity index (χ3n) is 4.27. The van der Waals surface area contributed by atoms with Crippen LogP contribution < -0.4 is 5.32 Å². The van der Waals surface area contributed by atoms with E-state index in [0.717, 1.165) is 12.0 Å². The predicted molar refractivity (Wildman–Crippen MR) is 82.4 cm³/mol. The van der Waals surface area contributed by atoms with Gasteiger partial charge in [0.15, 0.2) is 0 Å². The molecule has 0 aliphatic heterocycles. The predicted octanol–water partition coefficient (Wildman–Crippen LogP) is 3.72. The molecule has 0 radical (unpaired) electrons. The largest absolute Gasteiger partial charge is 0.481 e. The molecule has 4 nitrogen and oxygen atoms in total. The van der Waals surface area contributed by atoms with Gasteiger partial charge in [-0.05, 0) is 43.4 Å². The van der Waals surface area contributed by atoms with E-state index in [1.165, 1.54) is 0 Å². The van der Waals surface area contributed by atoms with Gasteiger partial charge in [-0.2, -0.15) is 0 Å². The maximum Gasteiger partial charge on any atom is 0.307 e. The minimum Gasteiger partial charge on any atom is -0.481 e. The van der Waals surface area contributed by atoms with Crippen LogP contribution in [-0.2, 0) is 9.59 Å². The van der Waals surface area contributed by atoms with Crippen LogP contribution in [0.15, 0.2) is 18.2 Å². The molecule has 0 spiro atoms. The number of carbonyl (C=O) groups is 2. The highest BCUT2D eigenvalue weighted by Gasteiger charge is 2.42. The van der Waals surface area contributed by atoms with Crippen LogP contribution in [-0.4, -0.2) is 17.0 Å². The van der Waals surface area contributed by atoms with Crippen molar-refractivity contribution in [2.75, 3.05) is 5.32 Å². The fourth-order valence-electron chi connectivity index (χ4n) is 2.99. The van der Waals surface area contributed by atoms with E-state index in [2.05, 4.69) is 5.32 Å². The van der Waals surface area contributed by atoms with E-state index in [1.807, 2.05) is 19.9 Å². The van der Waals surface area contributed by atoms with E-state index in [1.54, 1.807) is 12.1 Å². The molecule has 1 unspecified atom stereocenters. The minimum absolute atomic E-state index is 0.246. The van der Waals surface area contributed by atoms with Crippen LogP contribution in [0.3, 0.4) is 0 Å². The maximum atomic E-state index is 12.4. The van der Waals surface area contributed by atoms with Gasteiger partial charge in [-0.1, -0.05) is 31.0 Å². The molecule has 0 aromatic heterocycles. The molecule has 21 heavy (non-hydrogen) atoms. The smallest absolute Gasteiger partial charge is 0.307 e. The number of hydrogen-bond acceptors (Lipinski definition) is 2. The Bertz CT molecular complexity index is 558. The number of hydrogen-bond donors (Lipinski definition) is 2. The van der Waals surface area contributed by atoms with Gasteiger partial charge in [0, 0.05) is 0 Å². The van der Waals surface area contributed by atoms with Crippen LogP contribution in [0.5, 0.6) is 0 Å². The second-order valence-electron chi connectivity index (χ2n) is 5.77. The van der Waals surface area contributed by atoms with Gasteiger partial charge in [0.1, 0.15) is 0 Å². The molecule has 1 saturated carbocycles. The molecule has 2 N–H and O–H groups in total. The molecule has 3 atom stereocenters. The van der Waals surface area contributed by atoms with E-state index in [0.29, 0.717) is 29.5 Å². The zero-order valence-corrected chi connectivity index (χ0v) is 13.0. The van der Waals surface area contributed by atoms with Crippen molar-refractivity contribution in [3.63, 3.8) is 0 Å². The molecule has 5 heteroatoms. The van der Waals surface area contributed by atoms with Gasteiger partial charge >= 0.3 is 5.97 Å². The number of nitrogens with one attached hydrogen (secondary N) is 1. The lowest BCUT2D eigenvalue weighted by atomic mass is 9.95. The molecule has 1 aromatic rings. The van der Waals surface area contributed by atoms with Crippen molar-refractivity contribution in [3.8, 4) is 0 Å². The second kappa shape index (κ2) is 6.48. The summed E-state index contributed by atoms with van der Waals surface area (Å²) in [6.07, 6.45) is 2.10. The van der Waals surface area contributed by atoms with Crippen LogP contribution in [0.1, 0.15) is 31.7 Å². The number of aliphatic carboxylic acids is 1. The number of benzene rings is 1. The van der Waals surface area contributed by atoms with Gasteiger partial charge in [-0.15, -0.1) is 0 Å². The van der Waals surface area contributed by atoms with Crippen molar-refractivity contribution in [2.24, 2.45) is 17.8 Å². The number of carboxylic acid groups (broad SMARTS) is 1. The number of rotatable bonds is 4. The molecule has 0 bridgehead atoms. The van der Waals surface area contributed by atoms with Gasteiger partial charge in [0.05, 0.1) is 22.5 Å². The zero-order valence-electron chi connectivity index (χ0n) is 12.2. The Morgan fingerprint density at radius 3 is 2.57 bits per heavy atom. The van der Waals surface area contributed by atoms with E-state index in [-0.39, 0.29) is 5.91 Å². The van der Waals surface area contributed by atoms with Gasteiger partial charge in [-0.25, -0.2) is 0 Å². The number of anilines is 1. The first kappa shape index (κ1) is 15.8. The summed E-state index contributed by atoms with van der Waals surface area (Å²) in [6, 6.07) is 5.38. The summed E-state index contributed by atoms with van der Waals surface area (Å²) >= 11 is 6.10. The Kier molecular flexibility index (Phi) is 4.88. The highest BCUT2D eigenvalue weighted by molar-refractivity contribution is 6.33. The van der Waals surface area contributed by atoms with Gasteiger partial charge < -0.3 is 10.4 Å². The van der Waals surface area contributed by atoms with Gasteiger partial charge in [-0.3, -0.25) is 9.59 Å². The van der Waals surface area contributed by atoms with Crippen LogP contribution in [0, 0.1) is 24.7 Å². The Morgan fingerprint density at radius 2 is 2.00 bits per heavy atom. The molecular weight excluding hydrogens is 290 g/mol. The molecule has 1 amide bonds. The first-order chi connectivity index (χ1) is 9.92. The summed E-state index contributed by atoms with van der Waals surface area (Å²) in [7, 11) is 0. The second-order valence-corrected chi connectivity index (χ2v) is 6.18. The Morgan fingerprint density at radius 1 is 1.33 bits per heavy atom. The fraction of sp³-hybridized carbons (Fsp3) is 0.500. The van der Waals surface area contributed by atoms with E-state index >= 15 is 0 Å². The van der Waals surface area contributed by atoms with Crippen molar-refractivity contribution < 1.29 is 14.7 Å². The SMILES string of the molecule is CCC1C[C@H](C(=O)Nc2ccc(C)cc2Cl)[C@H](C(=O)O)C1. The average Bonchev–Trinajstić information content (AvgIpc) is 2.86. The van der Waals surface area contributed by atoms with Crippen molar-refractivity contribution in [3.05, 3.63) is 28.8 Å². The number of aryl methyl sites for hydroxylation is 1. The van der Waals surface area contributed by atoms with E-state index < -0.39 is 17.8 Å². The summed E-state index contributed by atoms with van der Waals surface area (Å²) in [5, 5.41) is 12.5. The van der Waals surface area contributed by atoms with Gasteiger partial charge in [0.25, 0.3) is 0 Å². The number of carboxylic acids is 1. The first-order valence-electron chi connectivity index (χ1n) is 7.22. The molecule has 0 saturated heterocycles. The lowest BCUT2D eigenvalue weighted by molar-refractivity contribution is -0.145. The summed E-state index contributed by atoms with van der Waals surface area (Å²) in [6.45, 7) is 3.95. The summed E-state index contributed by atoms with van der Waals surface area (Å²) in [5.74, 6) is -1.91. The van der Waals surface area contributed by atoms with Crippen LogP contribution >= 0.6 is 11.6 Å².